The highest BCUT2D eigenvalue weighted by Crippen LogP contribution is 2.43. The lowest BCUT2D eigenvalue weighted by molar-refractivity contribution is 1.18. The predicted octanol–water partition coefficient (Wildman–Crippen LogP) is 17.7. The second kappa shape index (κ2) is 16.8. The number of para-hydroxylation sites is 2. The Morgan fingerprint density at radius 1 is 0.227 bits per heavy atom. The molecule has 11 aromatic carbocycles. The Balaban J connectivity index is 1.00. The van der Waals surface area contributed by atoms with Crippen molar-refractivity contribution < 1.29 is 0 Å². The lowest BCUT2D eigenvalue weighted by atomic mass is 9.92. The highest BCUT2D eigenvalue weighted by molar-refractivity contribution is 6.10. The van der Waals surface area contributed by atoms with Crippen molar-refractivity contribution in [3.05, 3.63) is 267 Å². The van der Waals surface area contributed by atoms with E-state index in [9.17, 15) is 0 Å². The van der Waals surface area contributed by atoms with Gasteiger partial charge in [0, 0.05) is 33.4 Å². The van der Waals surface area contributed by atoms with Gasteiger partial charge < -0.3 is 9.47 Å². The molecule has 0 aliphatic rings. The third-order valence-electron chi connectivity index (χ3n) is 13.0. The summed E-state index contributed by atoms with van der Waals surface area (Å²) in [5, 5.41) is 4.97. The molecular weight excluding hydrogens is 797 g/mol. The van der Waals surface area contributed by atoms with Gasteiger partial charge in [-0.1, -0.05) is 206 Å². The van der Waals surface area contributed by atoms with Crippen LogP contribution in [0.2, 0.25) is 0 Å². The SMILES string of the molecule is c1ccc(-c2ccc(N(c3ccc(-c4cc(-c5ccccc5)ccc4-n4c5ccccc5c5ccccc54)cc3)c3cccc(-c4ccc(-c5ccccc5)c5ccccc45)c3)cc2)cc1. The minimum absolute atomic E-state index is 1.07. The summed E-state index contributed by atoms with van der Waals surface area (Å²) in [5.41, 5.74) is 18.7. The topological polar surface area (TPSA) is 8.17 Å². The minimum Gasteiger partial charge on any atom is -0.310 e. The van der Waals surface area contributed by atoms with Crippen LogP contribution in [0.15, 0.2) is 267 Å². The fourth-order valence-corrected chi connectivity index (χ4v) is 9.86. The van der Waals surface area contributed by atoms with Crippen LogP contribution in [0, 0.1) is 0 Å². The Morgan fingerprint density at radius 3 is 1.21 bits per heavy atom. The van der Waals surface area contributed by atoms with Crippen molar-refractivity contribution in [1.82, 2.24) is 4.57 Å². The highest BCUT2D eigenvalue weighted by Gasteiger charge is 2.19. The maximum atomic E-state index is 2.44. The van der Waals surface area contributed by atoms with Crippen LogP contribution >= 0.6 is 0 Å². The van der Waals surface area contributed by atoms with Gasteiger partial charge in [0.2, 0.25) is 0 Å². The molecule has 12 rings (SSSR count). The first kappa shape index (κ1) is 38.9. The third-order valence-corrected chi connectivity index (χ3v) is 13.0. The predicted molar refractivity (Wildman–Crippen MR) is 280 cm³/mol. The summed E-state index contributed by atoms with van der Waals surface area (Å²) in [7, 11) is 0. The molecule has 0 unspecified atom stereocenters. The normalized spacial score (nSPS) is 11.3. The van der Waals surface area contributed by atoms with Crippen LogP contribution in [0.4, 0.5) is 17.1 Å². The molecule has 66 heavy (non-hydrogen) atoms. The van der Waals surface area contributed by atoms with Crippen LogP contribution in [0.3, 0.4) is 0 Å². The van der Waals surface area contributed by atoms with E-state index in [0.29, 0.717) is 0 Å². The molecule has 0 aliphatic heterocycles. The molecule has 1 heterocycles. The molecule has 12 aromatic rings. The first-order chi connectivity index (χ1) is 32.7. The van der Waals surface area contributed by atoms with Gasteiger partial charge in [-0.05, 0) is 122 Å². The lowest BCUT2D eigenvalue weighted by Crippen LogP contribution is -2.10. The monoisotopic (exact) mass is 840 g/mol. The van der Waals surface area contributed by atoms with E-state index < -0.39 is 0 Å². The van der Waals surface area contributed by atoms with Gasteiger partial charge in [0.15, 0.2) is 0 Å². The van der Waals surface area contributed by atoms with Crippen molar-refractivity contribution in [3.8, 4) is 61.3 Å². The van der Waals surface area contributed by atoms with Gasteiger partial charge in [0.25, 0.3) is 0 Å². The van der Waals surface area contributed by atoms with E-state index >= 15 is 0 Å². The Hall–Kier alpha value is -8.72. The average Bonchev–Trinajstić information content (AvgIpc) is 3.74. The summed E-state index contributed by atoms with van der Waals surface area (Å²) >= 11 is 0. The molecule has 310 valence electrons. The van der Waals surface area contributed by atoms with Gasteiger partial charge in [0.1, 0.15) is 0 Å². The van der Waals surface area contributed by atoms with Gasteiger partial charge in [0.05, 0.1) is 16.7 Å². The molecule has 0 saturated heterocycles. The van der Waals surface area contributed by atoms with Gasteiger partial charge in [-0.2, -0.15) is 0 Å². The summed E-state index contributed by atoms with van der Waals surface area (Å²) in [6.07, 6.45) is 0. The van der Waals surface area contributed by atoms with Gasteiger partial charge in [-0.15, -0.1) is 0 Å². The van der Waals surface area contributed by atoms with Gasteiger partial charge in [-0.25, -0.2) is 0 Å². The first-order valence-corrected chi connectivity index (χ1v) is 22.7. The molecule has 0 radical (unpaired) electrons. The molecule has 0 bridgehead atoms. The van der Waals surface area contributed by atoms with E-state index in [1.54, 1.807) is 0 Å². The van der Waals surface area contributed by atoms with Crippen LogP contribution in [-0.2, 0) is 0 Å². The van der Waals surface area contributed by atoms with Crippen molar-refractivity contribution in [3.63, 3.8) is 0 Å². The van der Waals surface area contributed by atoms with Gasteiger partial charge in [-0.3, -0.25) is 0 Å². The molecule has 0 amide bonds. The molecule has 0 atom stereocenters. The van der Waals surface area contributed by atoms with Crippen molar-refractivity contribution >= 4 is 49.6 Å². The molecule has 1 aromatic heterocycles. The van der Waals surface area contributed by atoms with Crippen LogP contribution in [0.25, 0.3) is 93.9 Å². The number of benzene rings is 11. The summed E-state index contributed by atoms with van der Waals surface area (Å²) in [4.78, 5) is 2.39. The highest BCUT2D eigenvalue weighted by atomic mass is 15.1. The zero-order valence-electron chi connectivity index (χ0n) is 36.3. The molecule has 2 nitrogen and oxygen atoms in total. The summed E-state index contributed by atoms with van der Waals surface area (Å²) in [6.45, 7) is 0. The standard InChI is InChI=1S/C64H44N2/c1-4-17-45(18-5-1)47-31-36-52(37-32-47)65(54-24-16-23-51(43-54)56-41-40-55(48-21-8-3-9-22-48)57-25-10-11-26-58(56)57)53-38-33-49(34-39-53)61-44-50(46-19-6-2-7-20-46)35-42-64(61)66-62-29-14-12-27-59(62)60-28-13-15-30-63(60)66/h1-44H. The van der Waals surface area contributed by atoms with E-state index in [1.807, 2.05) is 0 Å². The quantitative estimate of drug-likeness (QED) is 0.141. The van der Waals surface area contributed by atoms with Crippen molar-refractivity contribution in [2.45, 2.75) is 0 Å². The molecule has 0 saturated carbocycles. The first-order valence-electron chi connectivity index (χ1n) is 22.7. The van der Waals surface area contributed by atoms with Crippen LogP contribution in [0.1, 0.15) is 0 Å². The van der Waals surface area contributed by atoms with Crippen LogP contribution < -0.4 is 4.90 Å². The number of anilines is 3. The lowest BCUT2D eigenvalue weighted by Gasteiger charge is -2.27. The zero-order valence-corrected chi connectivity index (χ0v) is 36.3. The Bertz CT molecular complexity index is 3610. The number of rotatable bonds is 9. The zero-order chi connectivity index (χ0) is 43.8. The number of aromatic nitrogens is 1. The molecule has 2 heteroatoms. The van der Waals surface area contributed by atoms with E-state index in [0.717, 1.165) is 28.3 Å². The second-order valence-electron chi connectivity index (χ2n) is 16.9. The summed E-state index contributed by atoms with van der Waals surface area (Å²) < 4.78 is 2.44. The second-order valence-corrected chi connectivity index (χ2v) is 16.9. The number of fused-ring (bicyclic) bond motifs is 4. The van der Waals surface area contributed by atoms with E-state index in [2.05, 4.69) is 276 Å². The molecule has 0 spiro atoms. The molecule has 0 fully saturated rings. The van der Waals surface area contributed by atoms with E-state index in [1.165, 1.54) is 82.6 Å². The Labute approximate surface area is 385 Å². The van der Waals surface area contributed by atoms with Crippen LogP contribution in [-0.4, -0.2) is 4.57 Å². The Kier molecular flexibility index (Phi) is 9.89. The van der Waals surface area contributed by atoms with Crippen molar-refractivity contribution in [1.29, 1.82) is 0 Å². The Morgan fingerprint density at radius 2 is 0.636 bits per heavy atom. The summed E-state index contributed by atoms with van der Waals surface area (Å²) in [5.74, 6) is 0. The third kappa shape index (κ3) is 7.02. The average molecular weight is 841 g/mol. The number of hydrogen-bond acceptors (Lipinski definition) is 1. The maximum Gasteiger partial charge on any atom is 0.0541 e. The summed E-state index contributed by atoms with van der Waals surface area (Å²) in [6, 6.07) is 96.9. The van der Waals surface area contributed by atoms with Crippen molar-refractivity contribution in [2.24, 2.45) is 0 Å². The van der Waals surface area contributed by atoms with Crippen LogP contribution in [0.5, 0.6) is 0 Å². The smallest absolute Gasteiger partial charge is 0.0541 e. The molecular formula is C64H44N2. The minimum atomic E-state index is 1.07. The fourth-order valence-electron chi connectivity index (χ4n) is 9.86. The van der Waals surface area contributed by atoms with Crippen molar-refractivity contribution in [2.75, 3.05) is 4.90 Å². The largest absolute Gasteiger partial charge is 0.310 e. The fraction of sp³-hybridized carbons (Fsp3) is 0. The molecule has 0 aliphatic carbocycles. The van der Waals surface area contributed by atoms with E-state index in [-0.39, 0.29) is 0 Å². The van der Waals surface area contributed by atoms with Gasteiger partial charge >= 0.3 is 0 Å². The maximum absolute atomic E-state index is 2.44. The van der Waals surface area contributed by atoms with E-state index in [4.69, 9.17) is 0 Å². The number of hydrogen-bond donors (Lipinski definition) is 0. The number of nitrogens with zero attached hydrogens (tertiary/aromatic N) is 2. The molecule has 0 N–H and O–H groups in total.